The highest BCUT2D eigenvalue weighted by molar-refractivity contribution is 6.33. The van der Waals surface area contributed by atoms with Gasteiger partial charge in [-0.05, 0) is 24.3 Å². The summed E-state index contributed by atoms with van der Waals surface area (Å²) in [5.74, 6) is -0.207. The summed E-state index contributed by atoms with van der Waals surface area (Å²) in [5, 5.41) is 0.167. The number of benzene rings is 2. The van der Waals surface area contributed by atoms with Gasteiger partial charge in [0.15, 0.2) is 0 Å². The van der Waals surface area contributed by atoms with E-state index >= 15 is 0 Å². The van der Waals surface area contributed by atoms with Crippen molar-refractivity contribution in [3.05, 3.63) is 63.4 Å². The second-order valence-electron chi connectivity index (χ2n) is 4.59. The second-order valence-corrected chi connectivity index (χ2v) is 5.00. The number of nitrogens with one attached hydrogen (secondary N) is 1. The minimum Gasteiger partial charge on any atom is -0.306 e. The summed E-state index contributed by atoms with van der Waals surface area (Å²) in [6.45, 7) is 0. The van der Waals surface area contributed by atoms with Crippen LogP contribution in [0.15, 0.2) is 47.3 Å². The maximum Gasteiger partial charge on any atom is 0.417 e. The van der Waals surface area contributed by atoms with Crippen molar-refractivity contribution in [3.63, 3.8) is 0 Å². The van der Waals surface area contributed by atoms with Gasteiger partial charge in [0.2, 0.25) is 0 Å². The third-order valence-electron chi connectivity index (χ3n) is 3.17. The summed E-state index contributed by atoms with van der Waals surface area (Å²) in [5.41, 5.74) is -1.50. The highest BCUT2D eigenvalue weighted by Crippen LogP contribution is 2.39. The van der Waals surface area contributed by atoms with Crippen molar-refractivity contribution in [2.24, 2.45) is 0 Å². The van der Waals surface area contributed by atoms with Gasteiger partial charge in [-0.3, -0.25) is 4.79 Å². The van der Waals surface area contributed by atoms with Crippen LogP contribution in [0, 0.1) is 0 Å². The zero-order chi connectivity index (χ0) is 15.9. The lowest BCUT2D eigenvalue weighted by Gasteiger charge is -2.13. The first kappa shape index (κ1) is 14.6. The summed E-state index contributed by atoms with van der Waals surface area (Å²) in [4.78, 5) is 18.5. The van der Waals surface area contributed by atoms with E-state index < -0.39 is 17.3 Å². The average Bonchev–Trinajstić information content (AvgIpc) is 2.46. The molecule has 0 saturated heterocycles. The number of alkyl halides is 3. The Morgan fingerprint density at radius 2 is 1.77 bits per heavy atom. The van der Waals surface area contributed by atoms with E-state index in [0.29, 0.717) is 10.9 Å². The molecule has 0 aliphatic heterocycles. The van der Waals surface area contributed by atoms with Gasteiger partial charge in [0.1, 0.15) is 5.82 Å². The molecule has 0 amide bonds. The van der Waals surface area contributed by atoms with Crippen molar-refractivity contribution in [2.45, 2.75) is 6.18 Å². The first-order chi connectivity index (χ1) is 10.4. The molecule has 0 unspecified atom stereocenters. The van der Waals surface area contributed by atoms with E-state index in [1.165, 1.54) is 12.1 Å². The Labute approximate surface area is 127 Å². The van der Waals surface area contributed by atoms with Gasteiger partial charge in [-0.25, -0.2) is 4.98 Å². The van der Waals surface area contributed by atoms with Crippen molar-refractivity contribution in [2.75, 3.05) is 0 Å². The molecule has 0 aliphatic rings. The Bertz CT molecular complexity index is 919. The number of aromatic nitrogens is 2. The Kier molecular flexibility index (Phi) is 3.41. The fourth-order valence-corrected chi connectivity index (χ4v) is 2.47. The van der Waals surface area contributed by atoms with Gasteiger partial charge in [-0.2, -0.15) is 13.2 Å². The molecule has 1 heterocycles. The van der Waals surface area contributed by atoms with Crippen LogP contribution in [0.3, 0.4) is 0 Å². The standard InChI is InChI=1S/C15H8ClF3N2O/c16-10-6-3-5-9(15(17,18)19)12(10)13-20-11-7-2-1-4-8(11)14(22)21-13/h1-7H,(H,20,21,22). The Balaban J connectivity index is 2.35. The van der Waals surface area contributed by atoms with Gasteiger partial charge in [0.05, 0.1) is 21.5 Å². The van der Waals surface area contributed by atoms with Crippen LogP contribution in [-0.4, -0.2) is 9.97 Å². The normalized spacial score (nSPS) is 11.8. The number of rotatable bonds is 1. The van der Waals surface area contributed by atoms with E-state index in [1.54, 1.807) is 24.3 Å². The van der Waals surface area contributed by atoms with Gasteiger partial charge >= 0.3 is 6.18 Å². The molecule has 2 aromatic carbocycles. The molecular weight excluding hydrogens is 317 g/mol. The topological polar surface area (TPSA) is 45.8 Å². The number of nitrogens with zero attached hydrogens (tertiary/aromatic N) is 1. The molecule has 22 heavy (non-hydrogen) atoms. The van der Waals surface area contributed by atoms with E-state index in [0.717, 1.165) is 6.07 Å². The van der Waals surface area contributed by atoms with Crippen LogP contribution < -0.4 is 5.56 Å². The molecule has 0 radical (unpaired) electrons. The minimum atomic E-state index is -4.61. The molecule has 0 saturated carbocycles. The molecular formula is C15H8ClF3N2O. The third-order valence-corrected chi connectivity index (χ3v) is 3.48. The van der Waals surface area contributed by atoms with Crippen molar-refractivity contribution in [3.8, 4) is 11.4 Å². The molecule has 7 heteroatoms. The van der Waals surface area contributed by atoms with Gasteiger partial charge < -0.3 is 4.98 Å². The molecule has 0 fully saturated rings. The smallest absolute Gasteiger partial charge is 0.306 e. The summed E-state index contributed by atoms with van der Waals surface area (Å²) in [7, 11) is 0. The predicted molar refractivity (Wildman–Crippen MR) is 77.8 cm³/mol. The van der Waals surface area contributed by atoms with Crippen LogP contribution in [-0.2, 0) is 6.18 Å². The lowest BCUT2D eigenvalue weighted by atomic mass is 10.1. The van der Waals surface area contributed by atoms with Gasteiger partial charge in [0, 0.05) is 5.56 Å². The van der Waals surface area contributed by atoms with Gasteiger partial charge in [-0.1, -0.05) is 29.8 Å². The summed E-state index contributed by atoms with van der Waals surface area (Å²) in [6, 6.07) is 9.82. The predicted octanol–water partition coefficient (Wildman–Crippen LogP) is 4.26. The monoisotopic (exact) mass is 324 g/mol. The van der Waals surface area contributed by atoms with E-state index in [1.807, 2.05) is 0 Å². The maximum absolute atomic E-state index is 13.2. The number of aromatic amines is 1. The lowest BCUT2D eigenvalue weighted by molar-refractivity contribution is -0.137. The van der Waals surface area contributed by atoms with Crippen LogP contribution in [0.4, 0.5) is 13.2 Å². The van der Waals surface area contributed by atoms with Crippen LogP contribution in [0.5, 0.6) is 0 Å². The number of hydrogen-bond acceptors (Lipinski definition) is 2. The minimum absolute atomic E-state index is 0.131. The van der Waals surface area contributed by atoms with Crippen LogP contribution in [0.1, 0.15) is 5.56 Å². The van der Waals surface area contributed by atoms with E-state index in [9.17, 15) is 18.0 Å². The third kappa shape index (κ3) is 2.46. The van der Waals surface area contributed by atoms with Crippen molar-refractivity contribution in [1.82, 2.24) is 9.97 Å². The molecule has 1 N–H and O–H groups in total. The largest absolute Gasteiger partial charge is 0.417 e. The van der Waals surface area contributed by atoms with Crippen molar-refractivity contribution < 1.29 is 13.2 Å². The van der Waals surface area contributed by atoms with Crippen LogP contribution >= 0.6 is 11.6 Å². The average molecular weight is 325 g/mol. The van der Waals surface area contributed by atoms with E-state index in [4.69, 9.17) is 11.6 Å². The number of halogens is 4. The van der Waals surface area contributed by atoms with Crippen molar-refractivity contribution >= 4 is 22.5 Å². The SMILES string of the molecule is O=c1[nH]c(-c2c(Cl)cccc2C(F)(F)F)nc2ccccc12. The van der Waals surface area contributed by atoms with Gasteiger partial charge in [-0.15, -0.1) is 0 Å². The summed E-state index contributed by atoms with van der Waals surface area (Å²) < 4.78 is 39.5. The molecule has 3 rings (SSSR count). The molecule has 0 spiro atoms. The van der Waals surface area contributed by atoms with E-state index in [-0.39, 0.29) is 16.4 Å². The molecule has 3 aromatic rings. The maximum atomic E-state index is 13.2. The number of fused-ring (bicyclic) bond motifs is 1. The quantitative estimate of drug-likeness (QED) is 0.727. The molecule has 0 bridgehead atoms. The fraction of sp³-hybridized carbons (Fsp3) is 0.0667. The summed E-state index contributed by atoms with van der Waals surface area (Å²) in [6.07, 6.45) is -4.61. The zero-order valence-electron chi connectivity index (χ0n) is 10.9. The number of para-hydroxylation sites is 1. The first-order valence-corrected chi connectivity index (χ1v) is 6.61. The highest BCUT2D eigenvalue weighted by atomic mass is 35.5. The molecule has 0 atom stereocenters. The molecule has 0 aliphatic carbocycles. The Hall–Kier alpha value is -2.34. The van der Waals surface area contributed by atoms with Crippen LogP contribution in [0.2, 0.25) is 5.02 Å². The second kappa shape index (κ2) is 5.14. The fourth-order valence-electron chi connectivity index (χ4n) is 2.21. The molecule has 112 valence electrons. The molecule has 3 nitrogen and oxygen atoms in total. The number of hydrogen-bond donors (Lipinski definition) is 1. The Morgan fingerprint density at radius 1 is 1.05 bits per heavy atom. The molecule has 1 aromatic heterocycles. The Morgan fingerprint density at radius 3 is 2.50 bits per heavy atom. The first-order valence-electron chi connectivity index (χ1n) is 6.23. The zero-order valence-corrected chi connectivity index (χ0v) is 11.7. The van der Waals surface area contributed by atoms with E-state index in [2.05, 4.69) is 9.97 Å². The van der Waals surface area contributed by atoms with Crippen LogP contribution in [0.25, 0.3) is 22.3 Å². The summed E-state index contributed by atoms with van der Waals surface area (Å²) >= 11 is 5.91. The highest BCUT2D eigenvalue weighted by Gasteiger charge is 2.35. The van der Waals surface area contributed by atoms with Gasteiger partial charge in [0.25, 0.3) is 5.56 Å². The lowest BCUT2D eigenvalue weighted by Crippen LogP contribution is -2.13. The number of H-pyrrole nitrogens is 1. The van der Waals surface area contributed by atoms with Crippen molar-refractivity contribution in [1.29, 1.82) is 0 Å².